The fourth-order valence-corrected chi connectivity index (χ4v) is 2.43. The van der Waals surface area contributed by atoms with E-state index in [0.717, 1.165) is 11.1 Å². The van der Waals surface area contributed by atoms with E-state index in [-0.39, 0.29) is 30.9 Å². The van der Waals surface area contributed by atoms with Gasteiger partial charge in [0, 0.05) is 18.4 Å². The molecule has 0 heterocycles. The van der Waals surface area contributed by atoms with Crippen molar-refractivity contribution in [1.82, 2.24) is 10.9 Å². The Morgan fingerprint density at radius 1 is 0.885 bits per heavy atom. The maximum absolute atomic E-state index is 12.8. The van der Waals surface area contributed by atoms with Crippen LogP contribution in [-0.2, 0) is 16.0 Å². The number of Topliss-reactive ketones (excluding diaryl/α,β-unsaturated/α-hetero) is 1. The molecule has 0 unspecified atom stereocenters. The lowest BCUT2D eigenvalue weighted by molar-refractivity contribution is -0.128. The van der Waals surface area contributed by atoms with E-state index >= 15 is 0 Å². The van der Waals surface area contributed by atoms with E-state index in [2.05, 4.69) is 10.9 Å². The molecule has 2 aromatic carbocycles. The van der Waals surface area contributed by atoms with E-state index in [9.17, 15) is 18.8 Å². The molecule has 2 N–H and O–H groups in total. The molecule has 0 fully saturated rings. The lowest BCUT2D eigenvalue weighted by atomic mass is 9.99. The summed E-state index contributed by atoms with van der Waals surface area (Å²) in [6.07, 6.45) is 0.0506. The molecule has 0 aliphatic rings. The summed E-state index contributed by atoms with van der Waals surface area (Å²) in [5.41, 5.74) is 7.66. The maximum Gasteiger partial charge on any atom is 0.242 e. The van der Waals surface area contributed by atoms with Crippen molar-refractivity contribution in [2.45, 2.75) is 33.1 Å². The third-order valence-corrected chi connectivity index (χ3v) is 3.89. The summed E-state index contributed by atoms with van der Waals surface area (Å²) in [6, 6.07) is 11.1. The quantitative estimate of drug-likeness (QED) is 0.617. The number of hydrogen-bond acceptors (Lipinski definition) is 3. The number of halogens is 1. The van der Waals surface area contributed by atoms with E-state index in [1.165, 1.54) is 24.3 Å². The topological polar surface area (TPSA) is 75.3 Å². The minimum atomic E-state index is -0.448. The normalized spacial score (nSPS) is 10.3. The lowest BCUT2D eigenvalue weighted by Gasteiger charge is -2.08. The second-order valence-corrected chi connectivity index (χ2v) is 6.14. The molecule has 2 aromatic rings. The van der Waals surface area contributed by atoms with Crippen LogP contribution in [-0.4, -0.2) is 17.6 Å². The van der Waals surface area contributed by atoms with Crippen LogP contribution >= 0.6 is 0 Å². The first kappa shape index (κ1) is 19.3. The summed E-state index contributed by atoms with van der Waals surface area (Å²) in [7, 11) is 0. The van der Waals surface area contributed by atoms with Crippen molar-refractivity contribution in [2.75, 3.05) is 0 Å². The summed E-state index contributed by atoms with van der Waals surface area (Å²) in [6.45, 7) is 3.75. The average molecular weight is 356 g/mol. The lowest BCUT2D eigenvalue weighted by Crippen LogP contribution is -2.42. The molecule has 136 valence electrons. The van der Waals surface area contributed by atoms with Gasteiger partial charge in [-0.2, -0.15) is 0 Å². The van der Waals surface area contributed by atoms with Gasteiger partial charge in [-0.3, -0.25) is 25.2 Å². The van der Waals surface area contributed by atoms with Crippen molar-refractivity contribution < 1.29 is 18.8 Å². The van der Waals surface area contributed by atoms with Gasteiger partial charge in [0.2, 0.25) is 11.8 Å². The highest BCUT2D eigenvalue weighted by molar-refractivity contribution is 5.99. The van der Waals surface area contributed by atoms with Crippen LogP contribution in [0.2, 0.25) is 0 Å². The van der Waals surface area contributed by atoms with Crippen LogP contribution in [0.25, 0.3) is 0 Å². The molecule has 6 heteroatoms. The molecule has 0 aliphatic heterocycles. The van der Waals surface area contributed by atoms with Gasteiger partial charge in [0.1, 0.15) is 5.82 Å². The number of amides is 2. The van der Waals surface area contributed by atoms with Crippen LogP contribution in [0.15, 0.2) is 42.5 Å². The first-order valence-electron chi connectivity index (χ1n) is 8.27. The molecule has 2 rings (SSSR count). The zero-order chi connectivity index (χ0) is 19.1. The molecular formula is C20H21FN2O3. The number of nitrogens with one attached hydrogen (secondary N) is 2. The number of benzene rings is 2. The van der Waals surface area contributed by atoms with Crippen molar-refractivity contribution in [3.8, 4) is 0 Å². The van der Waals surface area contributed by atoms with Crippen LogP contribution in [0.3, 0.4) is 0 Å². The Morgan fingerprint density at radius 2 is 1.54 bits per heavy atom. The van der Waals surface area contributed by atoms with Crippen molar-refractivity contribution in [3.05, 3.63) is 70.5 Å². The number of hydrogen-bond donors (Lipinski definition) is 2. The number of rotatable bonds is 6. The third kappa shape index (κ3) is 5.81. The molecule has 0 saturated carbocycles. The van der Waals surface area contributed by atoms with Crippen LogP contribution in [0.4, 0.5) is 4.39 Å². The molecule has 0 atom stereocenters. The summed E-state index contributed by atoms with van der Waals surface area (Å²) in [4.78, 5) is 35.8. The van der Waals surface area contributed by atoms with Crippen LogP contribution in [0.5, 0.6) is 0 Å². The molecule has 2 amide bonds. The Labute approximate surface area is 151 Å². The standard InChI is InChI=1S/C20H21FN2O3/c1-13-3-4-14(2)17(11-13)18(24)9-10-19(25)22-23-20(26)12-15-5-7-16(21)8-6-15/h3-8,11H,9-10,12H2,1-2H3,(H,22,25)(H,23,26). The smallest absolute Gasteiger partial charge is 0.242 e. The molecule has 26 heavy (non-hydrogen) atoms. The summed E-state index contributed by atoms with van der Waals surface area (Å²) >= 11 is 0. The molecular weight excluding hydrogens is 335 g/mol. The fourth-order valence-electron chi connectivity index (χ4n) is 2.43. The van der Waals surface area contributed by atoms with E-state index < -0.39 is 11.8 Å². The highest BCUT2D eigenvalue weighted by atomic mass is 19.1. The predicted octanol–water partition coefficient (Wildman–Crippen LogP) is 2.80. The number of hydrazine groups is 1. The summed E-state index contributed by atoms with van der Waals surface area (Å²) in [5.74, 6) is -1.36. The summed E-state index contributed by atoms with van der Waals surface area (Å²) < 4.78 is 12.8. The molecule has 0 bridgehead atoms. The van der Waals surface area contributed by atoms with Crippen molar-refractivity contribution in [2.24, 2.45) is 0 Å². The molecule has 0 saturated heterocycles. The first-order valence-corrected chi connectivity index (χ1v) is 8.27. The van der Waals surface area contributed by atoms with Gasteiger partial charge < -0.3 is 0 Å². The molecule has 0 spiro atoms. The van der Waals surface area contributed by atoms with Crippen molar-refractivity contribution >= 4 is 17.6 Å². The van der Waals surface area contributed by atoms with Gasteiger partial charge in [0.15, 0.2) is 5.78 Å². The van der Waals surface area contributed by atoms with E-state index in [4.69, 9.17) is 0 Å². The molecule has 5 nitrogen and oxygen atoms in total. The Bertz CT molecular complexity index is 816. The molecule has 0 radical (unpaired) electrons. The van der Waals surface area contributed by atoms with Crippen LogP contribution in [0, 0.1) is 19.7 Å². The van der Waals surface area contributed by atoms with Gasteiger partial charge in [0.05, 0.1) is 6.42 Å². The number of carbonyl (C=O) groups excluding carboxylic acids is 3. The third-order valence-electron chi connectivity index (χ3n) is 3.89. The zero-order valence-electron chi connectivity index (χ0n) is 14.8. The van der Waals surface area contributed by atoms with Crippen molar-refractivity contribution in [3.63, 3.8) is 0 Å². The minimum absolute atomic E-state index is 0.0159. The monoisotopic (exact) mass is 356 g/mol. The Hall–Kier alpha value is -3.02. The van der Waals surface area contributed by atoms with Crippen LogP contribution < -0.4 is 10.9 Å². The second kappa shape index (κ2) is 8.89. The van der Waals surface area contributed by atoms with Gasteiger partial charge in [0.25, 0.3) is 0 Å². The van der Waals surface area contributed by atoms with Gasteiger partial charge in [-0.1, -0.05) is 29.8 Å². The van der Waals surface area contributed by atoms with Gasteiger partial charge in [-0.05, 0) is 43.2 Å². The Kier molecular flexibility index (Phi) is 6.60. The maximum atomic E-state index is 12.8. The molecule has 0 aliphatic carbocycles. The first-order chi connectivity index (χ1) is 12.3. The number of aryl methyl sites for hydroxylation is 2. The van der Waals surface area contributed by atoms with E-state index in [1.54, 1.807) is 6.07 Å². The highest BCUT2D eigenvalue weighted by Crippen LogP contribution is 2.13. The number of carbonyl (C=O) groups is 3. The predicted molar refractivity (Wildman–Crippen MR) is 95.9 cm³/mol. The SMILES string of the molecule is Cc1ccc(C)c(C(=O)CCC(=O)NNC(=O)Cc2ccc(F)cc2)c1. The Morgan fingerprint density at radius 3 is 2.23 bits per heavy atom. The fraction of sp³-hybridized carbons (Fsp3) is 0.250. The van der Waals surface area contributed by atoms with Gasteiger partial charge >= 0.3 is 0 Å². The minimum Gasteiger partial charge on any atom is -0.294 e. The van der Waals surface area contributed by atoms with Crippen LogP contribution in [0.1, 0.15) is 39.9 Å². The van der Waals surface area contributed by atoms with E-state index in [1.807, 2.05) is 26.0 Å². The zero-order valence-corrected chi connectivity index (χ0v) is 14.8. The van der Waals surface area contributed by atoms with Gasteiger partial charge in [-0.15, -0.1) is 0 Å². The van der Waals surface area contributed by atoms with E-state index in [0.29, 0.717) is 11.1 Å². The average Bonchev–Trinajstić information content (AvgIpc) is 2.62. The second-order valence-electron chi connectivity index (χ2n) is 6.14. The van der Waals surface area contributed by atoms with Gasteiger partial charge in [-0.25, -0.2) is 4.39 Å². The Balaban J connectivity index is 1.76. The highest BCUT2D eigenvalue weighted by Gasteiger charge is 2.12. The molecule has 0 aromatic heterocycles. The largest absolute Gasteiger partial charge is 0.294 e. The summed E-state index contributed by atoms with van der Waals surface area (Å²) in [5, 5.41) is 0. The van der Waals surface area contributed by atoms with Crippen molar-refractivity contribution in [1.29, 1.82) is 0 Å². The number of ketones is 1.